The fraction of sp³-hybridized carbons (Fsp3) is 0.412. The van der Waals surface area contributed by atoms with E-state index in [-0.39, 0.29) is 11.7 Å². The molecule has 22 heavy (non-hydrogen) atoms. The molecule has 2 aromatic rings. The number of likely N-dealkylation sites (tertiary alicyclic amines) is 1. The first kappa shape index (κ1) is 14.6. The number of furan rings is 1. The maximum absolute atomic E-state index is 12.3. The maximum Gasteiger partial charge on any atom is 0.238 e. The first-order valence-electron chi connectivity index (χ1n) is 7.61. The number of fused-ring (bicyclic) bond motifs is 1. The normalized spacial score (nSPS) is 16.5. The topological polar surface area (TPSA) is 69.3 Å². The summed E-state index contributed by atoms with van der Waals surface area (Å²) < 4.78 is 5.46. The molecule has 0 radical (unpaired) electrons. The lowest BCUT2D eigenvalue weighted by Gasteiger charge is -2.29. The fourth-order valence-corrected chi connectivity index (χ4v) is 2.85. The number of hydrogen-bond acceptors (Lipinski definition) is 4. The first-order chi connectivity index (χ1) is 10.7. The summed E-state index contributed by atoms with van der Waals surface area (Å²) >= 11 is 0. The van der Waals surface area contributed by atoms with Crippen molar-refractivity contribution in [2.45, 2.75) is 19.8 Å². The van der Waals surface area contributed by atoms with Gasteiger partial charge in [-0.2, -0.15) is 5.26 Å². The minimum Gasteiger partial charge on any atom is -0.443 e. The molecule has 114 valence electrons. The Balaban J connectivity index is 1.73. The van der Waals surface area contributed by atoms with Gasteiger partial charge >= 0.3 is 0 Å². The van der Waals surface area contributed by atoms with Gasteiger partial charge < -0.3 is 9.73 Å². The van der Waals surface area contributed by atoms with Gasteiger partial charge in [-0.05, 0) is 44.0 Å². The van der Waals surface area contributed by atoms with Gasteiger partial charge in [0.05, 0.1) is 6.54 Å². The summed E-state index contributed by atoms with van der Waals surface area (Å²) in [6.45, 7) is 4.50. The Bertz CT molecular complexity index is 721. The van der Waals surface area contributed by atoms with Crippen LogP contribution < -0.4 is 5.32 Å². The number of para-hydroxylation sites is 1. The molecule has 5 heteroatoms. The summed E-state index contributed by atoms with van der Waals surface area (Å²) in [6.07, 6.45) is 2.26. The van der Waals surface area contributed by atoms with Gasteiger partial charge in [-0.1, -0.05) is 19.1 Å². The standard InChI is InChI=1S/C17H19N3O2/c1-12-6-8-20(9-7-12)11-16(21)19-17-13-4-2-3-5-14(13)22-15(17)10-18/h2-5,12H,6-9,11H2,1H3,(H,19,21). The molecule has 1 aliphatic rings. The lowest BCUT2D eigenvalue weighted by molar-refractivity contribution is -0.117. The van der Waals surface area contributed by atoms with Gasteiger partial charge in [0, 0.05) is 5.39 Å². The van der Waals surface area contributed by atoms with Crippen LogP contribution in [-0.4, -0.2) is 30.4 Å². The average Bonchev–Trinajstić information content (AvgIpc) is 2.87. The zero-order valence-electron chi connectivity index (χ0n) is 12.6. The van der Waals surface area contributed by atoms with Crippen LogP contribution in [-0.2, 0) is 4.79 Å². The molecule has 0 saturated carbocycles. The van der Waals surface area contributed by atoms with Gasteiger partial charge in [0.25, 0.3) is 0 Å². The number of rotatable bonds is 3. The zero-order chi connectivity index (χ0) is 15.5. The average molecular weight is 297 g/mol. The number of carbonyl (C=O) groups excluding carboxylic acids is 1. The Morgan fingerprint density at radius 2 is 2.14 bits per heavy atom. The van der Waals surface area contributed by atoms with Crippen molar-refractivity contribution in [3.63, 3.8) is 0 Å². The van der Waals surface area contributed by atoms with E-state index in [9.17, 15) is 10.1 Å². The van der Waals surface area contributed by atoms with E-state index in [4.69, 9.17) is 4.42 Å². The number of piperidine rings is 1. The minimum atomic E-state index is -0.0994. The molecule has 1 N–H and O–H groups in total. The second-order valence-corrected chi connectivity index (χ2v) is 5.92. The summed E-state index contributed by atoms with van der Waals surface area (Å²) in [5.41, 5.74) is 1.09. The molecular formula is C17H19N3O2. The lowest BCUT2D eigenvalue weighted by atomic mass is 9.99. The van der Waals surface area contributed by atoms with E-state index >= 15 is 0 Å². The number of hydrogen-bond donors (Lipinski definition) is 1. The highest BCUT2D eigenvalue weighted by Crippen LogP contribution is 2.30. The Morgan fingerprint density at radius 3 is 2.86 bits per heavy atom. The van der Waals surface area contributed by atoms with Crippen LogP contribution in [0.5, 0.6) is 0 Å². The van der Waals surface area contributed by atoms with Gasteiger partial charge in [0.15, 0.2) is 0 Å². The van der Waals surface area contributed by atoms with Crippen molar-refractivity contribution in [3.8, 4) is 6.07 Å². The molecule has 1 fully saturated rings. The highest BCUT2D eigenvalue weighted by Gasteiger charge is 2.20. The number of carbonyl (C=O) groups is 1. The van der Waals surface area contributed by atoms with Gasteiger partial charge in [-0.25, -0.2) is 0 Å². The van der Waals surface area contributed by atoms with Crippen molar-refractivity contribution in [3.05, 3.63) is 30.0 Å². The van der Waals surface area contributed by atoms with Crippen LogP contribution in [0.25, 0.3) is 11.0 Å². The van der Waals surface area contributed by atoms with Crippen LogP contribution in [0, 0.1) is 17.2 Å². The van der Waals surface area contributed by atoms with Crippen molar-refractivity contribution in [2.24, 2.45) is 5.92 Å². The lowest BCUT2D eigenvalue weighted by Crippen LogP contribution is -2.38. The minimum absolute atomic E-state index is 0.0994. The Hall–Kier alpha value is -2.32. The zero-order valence-corrected chi connectivity index (χ0v) is 12.6. The Labute approximate surface area is 129 Å². The number of nitrogens with one attached hydrogen (secondary N) is 1. The molecule has 0 spiro atoms. The molecule has 0 unspecified atom stereocenters. The van der Waals surface area contributed by atoms with Crippen LogP contribution in [0.4, 0.5) is 5.69 Å². The predicted molar refractivity (Wildman–Crippen MR) is 84.4 cm³/mol. The molecule has 5 nitrogen and oxygen atoms in total. The highest BCUT2D eigenvalue weighted by molar-refractivity contribution is 6.03. The fourth-order valence-electron chi connectivity index (χ4n) is 2.85. The second-order valence-electron chi connectivity index (χ2n) is 5.92. The van der Waals surface area contributed by atoms with Crippen LogP contribution >= 0.6 is 0 Å². The molecule has 1 saturated heterocycles. The van der Waals surface area contributed by atoms with Crippen LogP contribution in [0.2, 0.25) is 0 Å². The Kier molecular flexibility index (Phi) is 4.12. The van der Waals surface area contributed by atoms with Gasteiger partial charge in [-0.15, -0.1) is 0 Å². The van der Waals surface area contributed by atoms with E-state index in [2.05, 4.69) is 17.1 Å². The Morgan fingerprint density at radius 1 is 1.41 bits per heavy atom. The largest absolute Gasteiger partial charge is 0.443 e. The smallest absolute Gasteiger partial charge is 0.238 e. The molecule has 1 amide bonds. The van der Waals surface area contributed by atoms with Crippen LogP contribution in [0.3, 0.4) is 0 Å². The third-order valence-corrected chi connectivity index (χ3v) is 4.20. The number of amides is 1. The van der Waals surface area contributed by atoms with Crippen molar-refractivity contribution in [2.75, 3.05) is 25.0 Å². The quantitative estimate of drug-likeness (QED) is 0.945. The SMILES string of the molecule is CC1CCN(CC(=O)Nc2c(C#N)oc3ccccc23)CC1. The molecule has 0 bridgehead atoms. The summed E-state index contributed by atoms with van der Waals surface area (Å²) in [7, 11) is 0. The molecular weight excluding hydrogens is 278 g/mol. The molecule has 3 rings (SSSR count). The van der Waals surface area contributed by atoms with Crippen LogP contribution in [0.15, 0.2) is 28.7 Å². The van der Waals surface area contributed by atoms with E-state index in [1.165, 1.54) is 0 Å². The molecule has 1 aromatic carbocycles. The number of benzene rings is 1. The summed E-state index contributed by atoms with van der Waals surface area (Å²) in [6, 6.07) is 9.34. The predicted octanol–water partition coefficient (Wildman–Crippen LogP) is 2.97. The summed E-state index contributed by atoms with van der Waals surface area (Å²) in [5, 5.41) is 12.8. The third-order valence-electron chi connectivity index (χ3n) is 4.20. The van der Waals surface area contributed by atoms with Gasteiger partial charge in [0.2, 0.25) is 11.7 Å². The molecule has 1 aromatic heterocycles. The van der Waals surface area contributed by atoms with Crippen LogP contribution in [0.1, 0.15) is 25.5 Å². The van der Waals surface area contributed by atoms with E-state index in [1.54, 1.807) is 6.07 Å². The van der Waals surface area contributed by atoms with Gasteiger partial charge in [-0.3, -0.25) is 9.69 Å². The third kappa shape index (κ3) is 2.97. The summed E-state index contributed by atoms with van der Waals surface area (Å²) in [4.78, 5) is 14.4. The highest BCUT2D eigenvalue weighted by atomic mass is 16.3. The molecule has 0 atom stereocenters. The van der Waals surface area contributed by atoms with Crippen molar-refractivity contribution in [1.82, 2.24) is 4.90 Å². The monoisotopic (exact) mass is 297 g/mol. The number of anilines is 1. The molecule has 2 heterocycles. The van der Waals surface area contributed by atoms with E-state index in [1.807, 2.05) is 24.3 Å². The van der Waals surface area contributed by atoms with Crippen molar-refractivity contribution < 1.29 is 9.21 Å². The number of nitriles is 1. The van der Waals surface area contributed by atoms with Gasteiger partial charge in [0.1, 0.15) is 17.3 Å². The van der Waals surface area contributed by atoms with Crippen molar-refractivity contribution in [1.29, 1.82) is 5.26 Å². The number of nitrogens with zero attached hydrogens (tertiary/aromatic N) is 2. The maximum atomic E-state index is 12.3. The van der Waals surface area contributed by atoms with Crippen molar-refractivity contribution >= 4 is 22.6 Å². The molecule has 1 aliphatic heterocycles. The van der Waals surface area contributed by atoms with E-state index in [0.29, 0.717) is 17.8 Å². The summed E-state index contributed by atoms with van der Waals surface area (Å²) in [5.74, 6) is 0.793. The molecule has 0 aliphatic carbocycles. The second kappa shape index (κ2) is 6.20. The first-order valence-corrected chi connectivity index (χ1v) is 7.61. The van der Waals surface area contributed by atoms with E-state index in [0.717, 1.165) is 37.2 Å². The van der Waals surface area contributed by atoms with E-state index < -0.39 is 0 Å².